The first-order valence-electron chi connectivity index (χ1n) is 9.21. The highest BCUT2D eigenvalue weighted by atomic mass is 16.5. The Morgan fingerprint density at radius 1 is 0.481 bits per heavy atom. The van der Waals surface area contributed by atoms with Gasteiger partial charge in [-0.15, -0.1) is 0 Å². The van der Waals surface area contributed by atoms with E-state index in [0.29, 0.717) is 0 Å². The number of benzene rings is 4. The molecule has 0 fully saturated rings. The molecule has 4 aromatic rings. The molecule has 4 aromatic carbocycles. The third-order valence-electron chi connectivity index (χ3n) is 4.82. The molecule has 0 aliphatic heterocycles. The Balaban J connectivity index is 1.67. The summed E-state index contributed by atoms with van der Waals surface area (Å²) in [5.74, 6) is 1.70. The fourth-order valence-electron chi connectivity index (χ4n) is 3.32. The normalized spacial score (nSPS) is 10.6. The van der Waals surface area contributed by atoms with Crippen LogP contribution >= 0.6 is 0 Å². The molecule has 1 nitrogen and oxygen atoms in total. The van der Waals surface area contributed by atoms with Crippen LogP contribution in [0.1, 0.15) is 11.1 Å². The molecule has 0 radical (unpaired) electrons. The number of hydrogen-bond acceptors (Lipinski definition) is 1. The van der Waals surface area contributed by atoms with Crippen molar-refractivity contribution < 1.29 is 4.74 Å². The highest BCUT2D eigenvalue weighted by Crippen LogP contribution is 2.33. The molecule has 0 heterocycles. The Morgan fingerprint density at radius 3 is 1.30 bits per heavy atom. The predicted octanol–water partition coefficient (Wildman–Crippen LogP) is 7.43. The maximum atomic E-state index is 6.21. The minimum Gasteiger partial charge on any atom is -0.457 e. The zero-order valence-corrected chi connectivity index (χ0v) is 15.6. The van der Waals surface area contributed by atoms with E-state index in [0.717, 1.165) is 11.5 Å². The van der Waals surface area contributed by atoms with Gasteiger partial charge in [0.25, 0.3) is 0 Å². The van der Waals surface area contributed by atoms with Crippen molar-refractivity contribution in [3.05, 3.63) is 108 Å². The van der Waals surface area contributed by atoms with Gasteiger partial charge in [-0.3, -0.25) is 0 Å². The van der Waals surface area contributed by atoms with Crippen molar-refractivity contribution in [3.63, 3.8) is 0 Å². The highest BCUT2D eigenvalue weighted by molar-refractivity contribution is 5.70. The van der Waals surface area contributed by atoms with Crippen LogP contribution in [0.2, 0.25) is 0 Å². The third-order valence-corrected chi connectivity index (χ3v) is 4.82. The molecule has 0 aliphatic rings. The van der Waals surface area contributed by atoms with Gasteiger partial charge in [0.05, 0.1) is 0 Å². The molecule has 132 valence electrons. The summed E-state index contributed by atoms with van der Waals surface area (Å²) in [4.78, 5) is 0. The van der Waals surface area contributed by atoms with Crippen molar-refractivity contribution >= 4 is 0 Å². The first kappa shape index (κ1) is 17.1. The quantitative estimate of drug-likeness (QED) is 0.372. The van der Waals surface area contributed by atoms with Crippen molar-refractivity contribution in [3.8, 4) is 33.8 Å². The Kier molecular flexibility index (Phi) is 4.76. The van der Waals surface area contributed by atoms with Crippen molar-refractivity contribution in [2.24, 2.45) is 0 Å². The van der Waals surface area contributed by atoms with E-state index < -0.39 is 0 Å². The lowest BCUT2D eigenvalue weighted by molar-refractivity contribution is 0.483. The molecule has 0 N–H and O–H groups in total. The van der Waals surface area contributed by atoms with Gasteiger partial charge in [-0.2, -0.15) is 0 Å². The molecule has 1 heteroatoms. The topological polar surface area (TPSA) is 9.23 Å². The van der Waals surface area contributed by atoms with Crippen LogP contribution < -0.4 is 4.74 Å². The van der Waals surface area contributed by atoms with Crippen LogP contribution in [-0.4, -0.2) is 0 Å². The molecule has 0 saturated carbocycles. The van der Waals surface area contributed by atoms with Crippen molar-refractivity contribution in [1.29, 1.82) is 0 Å². The van der Waals surface area contributed by atoms with E-state index in [2.05, 4.69) is 86.6 Å². The fourth-order valence-corrected chi connectivity index (χ4v) is 3.32. The van der Waals surface area contributed by atoms with Crippen LogP contribution in [0.5, 0.6) is 11.5 Å². The molecule has 0 aromatic heterocycles. The van der Waals surface area contributed by atoms with Crippen molar-refractivity contribution in [2.75, 3.05) is 0 Å². The molecule has 0 unspecified atom stereocenters. The van der Waals surface area contributed by atoms with E-state index in [1.165, 1.54) is 33.4 Å². The molecule has 0 amide bonds. The summed E-state index contributed by atoms with van der Waals surface area (Å²) in [5.41, 5.74) is 7.28. The lowest BCUT2D eigenvalue weighted by atomic mass is 10.00. The molecular weight excluding hydrogens is 328 g/mol. The van der Waals surface area contributed by atoms with Crippen LogP contribution in [0.25, 0.3) is 22.3 Å². The van der Waals surface area contributed by atoms with E-state index >= 15 is 0 Å². The van der Waals surface area contributed by atoms with Gasteiger partial charge in [-0.25, -0.2) is 0 Å². The second kappa shape index (κ2) is 7.51. The summed E-state index contributed by atoms with van der Waals surface area (Å²) in [6.45, 7) is 4.26. The summed E-state index contributed by atoms with van der Waals surface area (Å²) < 4.78 is 6.21. The molecule has 27 heavy (non-hydrogen) atoms. The summed E-state index contributed by atoms with van der Waals surface area (Å²) in [5, 5.41) is 0. The number of hydrogen-bond donors (Lipinski definition) is 0. The average Bonchev–Trinajstić information content (AvgIpc) is 2.72. The SMILES string of the molecule is Cc1ccc(Oc2ccc(C)c(-c3ccccc3)c2)cc1-c1ccccc1. The van der Waals surface area contributed by atoms with E-state index in [1.54, 1.807) is 0 Å². The van der Waals surface area contributed by atoms with Gasteiger partial charge >= 0.3 is 0 Å². The van der Waals surface area contributed by atoms with Crippen LogP contribution in [0.3, 0.4) is 0 Å². The molecule has 0 bridgehead atoms. The number of aryl methyl sites for hydroxylation is 2. The lowest BCUT2D eigenvalue weighted by Gasteiger charge is -2.13. The highest BCUT2D eigenvalue weighted by Gasteiger charge is 2.07. The third kappa shape index (κ3) is 3.78. The minimum absolute atomic E-state index is 0.849. The Hall–Kier alpha value is -3.32. The first-order chi connectivity index (χ1) is 13.2. The van der Waals surface area contributed by atoms with Gasteiger partial charge in [-0.05, 0) is 71.5 Å². The van der Waals surface area contributed by atoms with Crippen LogP contribution in [0.15, 0.2) is 97.1 Å². The molecule has 0 atom stereocenters. The smallest absolute Gasteiger partial charge is 0.128 e. The molecular formula is C26H22O. The van der Waals surface area contributed by atoms with Gasteiger partial charge < -0.3 is 4.74 Å². The van der Waals surface area contributed by atoms with Crippen LogP contribution in [-0.2, 0) is 0 Å². The zero-order valence-electron chi connectivity index (χ0n) is 15.6. The van der Waals surface area contributed by atoms with E-state index in [9.17, 15) is 0 Å². The monoisotopic (exact) mass is 350 g/mol. The largest absolute Gasteiger partial charge is 0.457 e. The van der Waals surface area contributed by atoms with E-state index in [1.807, 2.05) is 24.3 Å². The summed E-state index contributed by atoms with van der Waals surface area (Å²) in [6.07, 6.45) is 0. The maximum Gasteiger partial charge on any atom is 0.128 e. The summed E-state index contributed by atoms with van der Waals surface area (Å²) in [6, 6.07) is 33.4. The van der Waals surface area contributed by atoms with Crippen molar-refractivity contribution in [1.82, 2.24) is 0 Å². The molecule has 0 spiro atoms. The van der Waals surface area contributed by atoms with E-state index in [4.69, 9.17) is 4.74 Å². The minimum atomic E-state index is 0.849. The predicted molar refractivity (Wildman–Crippen MR) is 113 cm³/mol. The second-order valence-corrected chi connectivity index (χ2v) is 6.79. The zero-order chi connectivity index (χ0) is 18.6. The standard InChI is InChI=1S/C26H22O/c1-19-13-15-23(17-25(19)21-9-5-3-6-10-21)27-24-16-14-20(2)26(18-24)22-11-7-4-8-12-22/h3-18H,1-2H3. The lowest BCUT2D eigenvalue weighted by Crippen LogP contribution is -1.90. The van der Waals surface area contributed by atoms with Gasteiger partial charge in [0.1, 0.15) is 11.5 Å². The van der Waals surface area contributed by atoms with E-state index in [-0.39, 0.29) is 0 Å². The Morgan fingerprint density at radius 2 is 0.889 bits per heavy atom. The maximum absolute atomic E-state index is 6.21. The number of ether oxygens (including phenoxy) is 1. The Bertz CT molecular complexity index is 963. The average molecular weight is 350 g/mol. The van der Waals surface area contributed by atoms with Gasteiger partial charge in [0.15, 0.2) is 0 Å². The fraction of sp³-hybridized carbons (Fsp3) is 0.0769. The van der Waals surface area contributed by atoms with Crippen LogP contribution in [0.4, 0.5) is 0 Å². The molecule has 4 rings (SSSR count). The molecule has 0 aliphatic carbocycles. The summed E-state index contributed by atoms with van der Waals surface area (Å²) in [7, 11) is 0. The van der Waals surface area contributed by atoms with Gasteiger partial charge in [-0.1, -0.05) is 72.8 Å². The Labute approximate surface area is 160 Å². The van der Waals surface area contributed by atoms with Crippen LogP contribution in [0, 0.1) is 13.8 Å². The second-order valence-electron chi connectivity index (χ2n) is 6.79. The summed E-state index contributed by atoms with van der Waals surface area (Å²) >= 11 is 0. The van der Waals surface area contributed by atoms with Gasteiger partial charge in [0.2, 0.25) is 0 Å². The van der Waals surface area contributed by atoms with Crippen molar-refractivity contribution in [2.45, 2.75) is 13.8 Å². The molecule has 0 saturated heterocycles. The first-order valence-corrected chi connectivity index (χ1v) is 9.21. The van der Waals surface area contributed by atoms with Gasteiger partial charge in [0, 0.05) is 0 Å². The number of rotatable bonds is 4.